The van der Waals surface area contributed by atoms with Crippen LogP contribution in [0.25, 0.3) is 0 Å². The van der Waals surface area contributed by atoms with Crippen molar-refractivity contribution < 1.29 is 13.2 Å². The predicted molar refractivity (Wildman–Crippen MR) is 84.7 cm³/mol. The second-order valence-corrected chi connectivity index (χ2v) is 6.81. The molecule has 0 aromatic heterocycles. The van der Waals surface area contributed by atoms with E-state index >= 15 is 0 Å². The van der Waals surface area contributed by atoms with E-state index in [0.29, 0.717) is 13.2 Å². The molecule has 0 bridgehead atoms. The van der Waals surface area contributed by atoms with E-state index in [4.69, 9.17) is 10.5 Å². The van der Waals surface area contributed by atoms with Crippen molar-refractivity contribution in [3.05, 3.63) is 29.8 Å². The van der Waals surface area contributed by atoms with Crippen molar-refractivity contribution in [1.29, 1.82) is 0 Å². The van der Waals surface area contributed by atoms with Gasteiger partial charge in [-0.1, -0.05) is 25.5 Å². The van der Waals surface area contributed by atoms with Crippen molar-refractivity contribution in [3.8, 4) is 0 Å². The molecule has 6 heteroatoms. The van der Waals surface area contributed by atoms with Crippen LogP contribution in [0.5, 0.6) is 0 Å². The van der Waals surface area contributed by atoms with Crippen LogP contribution in [-0.2, 0) is 21.2 Å². The molecule has 5 nitrogen and oxygen atoms in total. The van der Waals surface area contributed by atoms with Crippen LogP contribution in [0.1, 0.15) is 31.7 Å². The molecule has 3 N–H and O–H groups in total. The lowest BCUT2D eigenvalue weighted by atomic mass is 10.1. The predicted octanol–water partition coefficient (Wildman–Crippen LogP) is 1.67. The zero-order chi connectivity index (χ0) is 15.7. The van der Waals surface area contributed by atoms with Crippen molar-refractivity contribution in [2.24, 2.45) is 5.73 Å². The molecule has 1 atom stereocenters. The van der Waals surface area contributed by atoms with Crippen LogP contribution in [0.15, 0.2) is 29.2 Å². The van der Waals surface area contributed by atoms with Gasteiger partial charge in [0, 0.05) is 13.2 Å². The van der Waals surface area contributed by atoms with Gasteiger partial charge in [-0.2, -0.15) is 0 Å². The second kappa shape index (κ2) is 9.15. The van der Waals surface area contributed by atoms with Crippen LogP contribution in [0.3, 0.4) is 0 Å². The highest BCUT2D eigenvalue weighted by molar-refractivity contribution is 7.89. The van der Waals surface area contributed by atoms with Gasteiger partial charge in [0.15, 0.2) is 0 Å². The monoisotopic (exact) mass is 314 g/mol. The average molecular weight is 314 g/mol. The summed E-state index contributed by atoms with van der Waals surface area (Å²) in [5.74, 6) is 0. The molecule has 0 aliphatic rings. The standard InChI is InChI=1S/C15H26N2O3S/c1-3-5-14(12-20-2)17-21(18,19)15-9-7-13(8-10-15)6-4-11-16/h7-10,14,17H,3-6,11-12,16H2,1-2H3. The lowest BCUT2D eigenvalue weighted by Crippen LogP contribution is -2.37. The van der Waals surface area contributed by atoms with Crippen LogP contribution in [0.2, 0.25) is 0 Å². The molecule has 120 valence electrons. The minimum atomic E-state index is -3.50. The Kier molecular flexibility index (Phi) is 7.88. The van der Waals surface area contributed by atoms with E-state index < -0.39 is 10.0 Å². The zero-order valence-electron chi connectivity index (χ0n) is 12.8. The summed E-state index contributed by atoms with van der Waals surface area (Å²) >= 11 is 0. The highest BCUT2D eigenvalue weighted by atomic mass is 32.2. The van der Waals surface area contributed by atoms with E-state index in [9.17, 15) is 8.42 Å². The van der Waals surface area contributed by atoms with Crippen molar-refractivity contribution in [1.82, 2.24) is 4.72 Å². The number of aryl methyl sites for hydroxylation is 1. The van der Waals surface area contributed by atoms with E-state index in [0.717, 1.165) is 31.2 Å². The molecule has 0 aliphatic carbocycles. The lowest BCUT2D eigenvalue weighted by molar-refractivity contribution is 0.171. The third-order valence-corrected chi connectivity index (χ3v) is 4.77. The van der Waals surface area contributed by atoms with E-state index in [1.165, 1.54) is 0 Å². The van der Waals surface area contributed by atoms with Crippen LogP contribution in [0.4, 0.5) is 0 Å². The molecule has 1 unspecified atom stereocenters. The first-order chi connectivity index (χ1) is 10.0. The third-order valence-electron chi connectivity index (χ3n) is 3.23. The van der Waals surface area contributed by atoms with Gasteiger partial charge < -0.3 is 10.5 Å². The normalized spacial score (nSPS) is 13.3. The summed E-state index contributed by atoms with van der Waals surface area (Å²) in [4.78, 5) is 0.288. The van der Waals surface area contributed by atoms with Gasteiger partial charge in [0.05, 0.1) is 11.5 Å². The van der Waals surface area contributed by atoms with Crippen LogP contribution in [-0.4, -0.2) is 34.7 Å². The molecule has 0 amide bonds. The zero-order valence-corrected chi connectivity index (χ0v) is 13.7. The average Bonchev–Trinajstić information content (AvgIpc) is 2.46. The number of rotatable bonds is 10. The van der Waals surface area contributed by atoms with E-state index in [2.05, 4.69) is 4.72 Å². The van der Waals surface area contributed by atoms with Gasteiger partial charge in [-0.25, -0.2) is 13.1 Å². The number of methoxy groups -OCH3 is 1. The van der Waals surface area contributed by atoms with E-state index in [1.54, 1.807) is 19.2 Å². The van der Waals surface area contributed by atoms with E-state index in [-0.39, 0.29) is 10.9 Å². The number of benzene rings is 1. The fourth-order valence-corrected chi connectivity index (χ4v) is 3.41. The summed E-state index contributed by atoms with van der Waals surface area (Å²) in [5.41, 5.74) is 6.57. The maximum Gasteiger partial charge on any atom is 0.240 e. The molecule has 1 rings (SSSR count). The summed E-state index contributed by atoms with van der Waals surface area (Å²) < 4.78 is 32.4. The molecule has 0 heterocycles. The minimum Gasteiger partial charge on any atom is -0.383 e. The molecule has 0 aliphatic heterocycles. The maximum atomic E-state index is 12.3. The Labute approximate surface area is 127 Å². The Balaban J connectivity index is 2.76. The molecule has 21 heavy (non-hydrogen) atoms. The topological polar surface area (TPSA) is 81.4 Å². The van der Waals surface area contributed by atoms with Gasteiger partial charge in [-0.15, -0.1) is 0 Å². The highest BCUT2D eigenvalue weighted by Crippen LogP contribution is 2.13. The molecule has 0 spiro atoms. The number of hydrogen-bond donors (Lipinski definition) is 2. The summed E-state index contributed by atoms with van der Waals surface area (Å²) in [5, 5.41) is 0. The first-order valence-corrected chi connectivity index (χ1v) is 8.82. The van der Waals surface area contributed by atoms with Gasteiger partial charge in [-0.3, -0.25) is 0 Å². The van der Waals surface area contributed by atoms with Crippen LogP contribution >= 0.6 is 0 Å². The number of ether oxygens (including phenoxy) is 1. The molecular weight excluding hydrogens is 288 g/mol. The maximum absolute atomic E-state index is 12.3. The summed E-state index contributed by atoms with van der Waals surface area (Å²) in [6.45, 7) is 3.03. The summed E-state index contributed by atoms with van der Waals surface area (Å²) in [7, 11) is -1.92. The Morgan fingerprint density at radius 2 is 1.95 bits per heavy atom. The second-order valence-electron chi connectivity index (χ2n) is 5.10. The van der Waals surface area contributed by atoms with Crippen molar-refractivity contribution in [3.63, 3.8) is 0 Å². The van der Waals surface area contributed by atoms with E-state index in [1.807, 2.05) is 19.1 Å². The SMILES string of the molecule is CCCC(COC)NS(=O)(=O)c1ccc(CCCN)cc1. The first kappa shape index (κ1) is 18.1. The number of nitrogens with two attached hydrogens (primary N) is 1. The Hall–Kier alpha value is -0.950. The third kappa shape index (κ3) is 6.13. The number of hydrogen-bond acceptors (Lipinski definition) is 4. The fourth-order valence-electron chi connectivity index (χ4n) is 2.15. The van der Waals surface area contributed by atoms with Gasteiger partial charge >= 0.3 is 0 Å². The quantitative estimate of drug-likeness (QED) is 0.688. The smallest absolute Gasteiger partial charge is 0.240 e. The van der Waals surface area contributed by atoms with Crippen LogP contribution in [0, 0.1) is 0 Å². The Morgan fingerprint density at radius 1 is 1.29 bits per heavy atom. The van der Waals surface area contributed by atoms with Crippen molar-refractivity contribution >= 4 is 10.0 Å². The Morgan fingerprint density at radius 3 is 2.48 bits per heavy atom. The van der Waals surface area contributed by atoms with Gasteiger partial charge in [-0.05, 0) is 43.5 Å². The molecule has 0 radical (unpaired) electrons. The number of nitrogens with one attached hydrogen (secondary N) is 1. The molecule has 0 saturated heterocycles. The molecule has 0 saturated carbocycles. The van der Waals surface area contributed by atoms with Crippen molar-refractivity contribution in [2.45, 2.75) is 43.5 Å². The molecule has 0 fully saturated rings. The Bertz CT molecular complexity index is 494. The van der Waals surface area contributed by atoms with Gasteiger partial charge in [0.1, 0.15) is 0 Å². The highest BCUT2D eigenvalue weighted by Gasteiger charge is 2.19. The lowest BCUT2D eigenvalue weighted by Gasteiger charge is -2.17. The summed E-state index contributed by atoms with van der Waals surface area (Å²) in [6.07, 6.45) is 3.42. The van der Waals surface area contributed by atoms with Crippen molar-refractivity contribution in [2.75, 3.05) is 20.3 Å². The largest absolute Gasteiger partial charge is 0.383 e. The minimum absolute atomic E-state index is 0.193. The first-order valence-electron chi connectivity index (χ1n) is 7.33. The number of sulfonamides is 1. The molecule has 1 aromatic carbocycles. The van der Waals surface area contributed by atoms with Gasteiger partial charge in [0.2, 0.25) is 10.0 Å². The van der Waals surface area contributed by atoms with Gasteiger partial charge in [0.25, 0.3) is 0 Å². The summed E-state index contributed by atoms with van der Waals surface area (Å²) in [6, 6.07) is 6.78. The molecular formula is C15H26N2O3S. The molecule has 1 aromatic rings. The van der Waals surface area contributed by atoms with Crippen LogP contribution < -0.4 is 10.5 Å². The fraction of sp³-hybridized carbons (Fsp3) is 0.600.